The molecule has 1 saturated carbocycles. The normalized spacial score (nSPS) is 22.8. The number of rotatable bonds is 7. The van der Waals surface area contributed by atoms with Gasteiger partial charge in [0.2, 0.25) is 10.0 Å². The molecule has 1 aromatic rings. The van der Waals surface area contributed by atoms with Crippen LogP contribution in [-0.2, 0) is 16.6 Å². The Morgan fingerprint density at radius 1 is 1.38 bits per heavy atom. The topological polar surface area (TPSA) is 86.9 Å². The van der Waals surface area contributed by atoms with E-state index in [0.717, 1.165) is 13.0 Å². The van der Waals surface area contributed by atoms with E-state index in [4.69, 9.17) is 0 Å². The molecule has 0 bridgehead atoms. The Morgan fingerprint density at radius 3 is 2.76 bits per heavy atom. The molecule has 1 fully saturated rings. The van der Waals surface area contributed by atoms with E-state index in [1.807, 2.05) is 6.92 Å². The summed E-state index contributed by atoms with van der Waals surface area (Å²) in [6.45, 7) is 7.68. The Labute approximate surface area is 127 Å². The van der Waals surface area contributed by atoms with Crippen LogP contribution < -0.4 is 10.0 Å². The van der Waals surface area contributed by atoms with Crippen molar-refractivity contribution in [2.45, 2.75) is 51.5 Å². The number of aromatic amines is 1. The maximum Gasteiger partial charge on any atom is 0.244 e. The van der Waals surface area contributed by atoms with Gasteiger partial charge in [0.25, 0.3) is 0 Å². The van der Waals surface area contributed by atoms with Crippen molar-refractivity contribution in [3.63, 3.8) is 0 Å². The van der Waals surface area contributed by atoms with Crippen LogP contribution in [0.2, 0.25) is 0 Å². The molecule has 21 heavy (non-hydrogen) atoms. The number of nitrogens with one attached hydrogen (secondary N) is 3. The highest BCUT2D eigenvalue weighted by Gasteiger charge is 2.28. The van der Waals surface area contributed by atoms with Gasteiger partial charge >= 0.3 is 0 Å². The molecule has 1 heterocycles. The van der Waals surface area contributed by atoms with Crippen molar-refractivity contribution >= 4 is 10.0 Å². The predicted molar refractivity (Wildman–Crippen MR) is 82.4 cm³/mol. The molecule has 3 N–H and O–H groups in total. The van der Waals surface area contributed by atoms with Gasteiger partial charge in [-0.15, -0.1) is 0 Å². The predicted octanol–water partition coefficient (Wildman–Crippen LogP) is 1.54. The molecule has 0 amide bonds. The van der Waals surface area contributed by atoms with Crippen molar-refractivity contribution in [3.8, 4) is 0 Å². The highest BCUT2D eigenvalue weighted by Crippen LogP contribution is 2.31. The molecule has 2 unspecified atom stereocenters. The van der Waals surface area contributed by atoms with E-state index in [1.54, 1.807) is 6.92 Å². The maximum absolute atomic E-state index is 12.6. The van der Waals surface area contributed by atoms with Crippen LogP contribution in [0.1, 0.15) is 44.5 Å². The summed E-state index contributed by atoms with van der Waals surface area (Å²) in [5, 5.41) is 10.0. The van der Waals surface area contributed by atoms with Crippen LogP contribution in [-0.4, -0.2) is 31.7 Å². The van der Waals surface area contributed by atoms with Crippen LogP contribution in [0.5, 0.6) is 0 Å². The Kier molecular flexibility index (Phi) is 5.40. The summed E-state index contributed by atoms with van der Waals surface area (Å²) in [6, 6.07) is 0. The molecule has 0 aliphatic heterocycles. The summed E-state index contributed by atoms with van der Waals surface area (Å²) >= 11 is 0. The fourth-order valence-corrected chi connectivity index (χ4v) is 4.46. The van der Waals surface area contributed by atoms with E-state index < -0.39 is 10.0 Å². The lowest BCUT2D eigenvalue weighted by molar-refractivity contribution is 0.414. The lowest BCUT2D eigenvalue weighted by Gasteiger charge is -2.16. The van der Waals surface area contributed by atoms with Crippen molar-refractivity contribution < 1.29 is 8.42 Å². The van der Waals surface area contributed by atoms with Crippen LogP contribution in [0.4, 0.5) is 0 Å². The Morgan fingerprint density at radius 2 is 2.14 bits per heavy atom. The van der Waals surface area contributed by atoms with Crippen LogP contribution in [0, 0.1) is 18.8 Å². The molecular weight excluding hydrogens is 288 g/mol. The van der Waals surface area contributed by atoms with Gasteiger partial charge in [-0.2, -0.15) is 5.10 Å². The standard InChI is InChI=1S/C14H26N4O2S/c1-4-15-9-13-14(11(3)17-18-13)21(19,20)16-8-12-7-5-6-10(12)2/h10,12,15-16H,4-9H2,1-3H3,(H,17,18). The van der Waals surface area contributed by atoms with Crippen molar-refractivity contribution in [1.82, 2.24) is 20.2 Å². The monoisotopic (exact) mass is 314 g/mol. The van der Waals surface area contributed by atoms with Gasteiger partial charge in [-0.05, 0) is 31.7 Å². The zero-order chi connectivity index (χ0) is 15.5. The third-order valence-corrected chi connectivity index (χ3v) is 5.97. The van der Waals surface area contributed by atoms with Crippen molar-refractivity contribution in [2.24, 2.45) is 11.8 Å². The summed E-state index contributed by atoms with van der Waals surface area (Å²) in [5.74, 6) is 1.04. The first-order valence-corrected chi connectivity index (χ1v) is 9.18. The maximum atomic E-state index is 12.6. The fraction of sp³-hybridized carbons (Fsp3) is 0.786. The molecule has 0 radical (unpaired) electrons. The average Bonchev–Trinajstić information content (AvgIpc) is 3.00. The molecular formula is C14H26N4O2S. The van der Waals surface area contributed by atoms with Gasteiger partial charge in [-0.25, -0.2) is 13.1 Å². The zero-order valence-electron chi connectivity index (χ0n) is 13.1. The molecule has 6 nitrogen and oxygen atoms in total. The number of aromatic nitrogens is 2. The second kappa shape index (κ2) is 6.89. The first kappa shape index (κ1) is 16.5. The molecule has 2 rings (SSSR count). The van der Waals surface area contributed by atoms with Gasteiger partial charge in [0, 0.05) is 13.1 Å². The Balaban J connectivity index is 2.09. The van der Waals surface area contributed by atoms with Gasteiger partial charge < -0.3 is 5.32 Å². The average molecular weight is 314 g/mol. The molecule has 1 aromatic heterocycles. The van der Waals surface area contributed by atoms with Crippen molar-refractivity contribution in [3.05, 3.63) is 11.4 Å². The molecule has 0 saturated heterocycles. The number of aryl methyl sites for hydroxylation is 1. The number of H-pyrrole nitrogens is 1. The molecule has 7 heteroatoms. The lowest BCUT2D eigenvalue weighted by atomic mass is 9.99. The van der Waals surface area contributed by atoms with E-state index in [1.165, 1.54) is 12.8 Å². The number of nitrogens with zero attached hydrogens (tertiary/aromatic N) is 1. The van der Waals surface area contributed by atoms with E-state index in [0.29, 0.717) is 41.2 Å². The van der Waals surface area contributed by atoms with Crippen LogP contribution >= 0.6 is 0 Å². The third kappa shape index (κ3) is 3.84. The van der Waals surface area contributed by atoms with Crippen molar-refractivity contribution in [1.29, 1.82) is 0 Å². The minimum absolute atomic E-state index is 0.300. The largest absolute Gasteiger partial charge is 0.311 e. The Hall–Kier alpha value is -0.920. The smallest absolute Gasteiger partial charge is 0.244 e. The van der Waals surface area contributed by atoms with E-state index in [2.05, 4.69) is 27.2 Å². The van der Waals surface area contributed by atoms with Crippen LogP contribution in [0.15, 0.2) is 4.90 Å². The van der Waals surface area contributed by atoms with E-state index in [-0.39, 0.29) is 0 Å². The van der Waals surface area contributed by atoms with Gasteiger partial charge in [-0.1, -0.05) is 26.7 Å². The van der Waals surface area contributed by atoms with E-state index >= 15 is 0 Å². The van der Waals surface area contributed by atoms with Gasteiger partial charge in [0.1, 0.15) is 4.90 Å². The fourth-order valence-electron chi connectivity index (χ4n) is 3.00. The molecule has 1 aliphatic rings. The summed E-state index contributed by atoms with van der Waals surface area (Å²) in [7, 11) is -3.50. The van der Waals surface area contributed by atoms with Gasteiger partial charge in [0.15, 0.2) is 0 Å². The molecule has 0 spiro atoms. The number of sulfonamides is 1. The summed E-state index contributed by atoms with van der Waals surface area (Å²) in [6.07, 6.45) is 3.51. The first-order chi connectivity index (χ1) is 9.95. The van der Waals surface area contributed by atoms with Crippen LogP contribution in [0.25, 0.3) is 0 Å². The molecule has 120 valence electrons. The lowest BCUT2D eigenvalue weighted by Crippen LogP contribution is -2.31. The molecule has 1 aliphatic carbocycles. The molecule has 2 atom stereocenters. The van der Waals surface area contributed by atoms with Crippen molar-refractivity contribution in [2.75, 3.05) is 13.1 Å². The third-order valence-electron chi connectivity index (χ3n) is 4.35. The SMILES string of the molecule is CCNCc1n[nH]c(C)c1S(=O)(=O)NCC1CCCC1C. The molecule has 0 aromatic carbocycles. The highest BCUT2D eigenvalue weighted by atomic mass is 32.2. The second-order valence-corrected chi connectivity index (χ2v) is 7.63. The zero-order valence-corrected chi connectivity index (χ0v) is 13.9. The minimum atomic E-state index is -3.50. The van der Waals surface area contributed by atoms with Gasteiger partial charge in [0.05, 0.1) is 11.4 Å². The summed E-state index contributed by atoms with van der Waals surface area (Å²) in [4.78, 5) is 0.300. The highest BCUT2D eigenvalue weighted by molar-refractivity contribution is 7.89. The number of hydrogen-bond donors (Lipinski definition) is 3. The first-order valence-electron chi connectivity index (χ1n) is 7.70. The second-order valence-electron chi connectivity index (χ2n) is 5.92. The summed E-state index contributed by atoms with van der Waals surface area (Å²) < 4.78 is 27.9. The van der Waals surface area contributed by atoms with E-state index in [9.17, 15) is 8.42 Å². The minimum Gasteiger partial charge on any atom is -0.311 e. The van der Waals surface area contributed by atoms with Gasteiger partial charge in [-0.3, -0.25) is 5.10 Å². The summed E-state index contributed by atoms with van der Waals surface area (Å²) in [5.41, 5.74) is 1.15. The number of hydrogen-bond acceptors (Lipinski definition) is 4. The Bertz CT molecular complexity index is 568. The van der Waals surface area contributed by atoms with Crippen LogP contribution in [0.3, 0.4) is 0 Å². The quantitative estimate of drug-likeness (QED) is 0.712.